The fourth-order valence-electron chi connectivity index (χ4n) is 2.55. The molecule has 0 bridgehead atoms. The van der Waals surface area contributed by atoms with Crippen LogP contribution in [0.4, 0.5) is 10.5 Å². The molecule has 2 amide bonds. The predicted octanol–water partition coefficient (Wildman–Crippen LogP) is 3.02. The average molecular weight is 345 g/mol. The third-order valence-electron chi connectivity index (χ3n) is 3.73. The van der Waals surface area contributed by atoms with Gasteiger partial charge in [0.15, 0.2) is 0 Å². The molecule has 2 aromatic rings. The fourth-order valence-corrected chi connectivity index (χ4v) is 2.74. The number of hydrogen-bond acceptors (Lipinski definition) is 3. The minimum absolute atomic E-state index is 0.0987. The number of hydrogen-bond donors (Lipinski definition) is 1. The zero-order valence-electron chi connectivity index (χ0n) is 12.9. The summed E-state index contributed by atoms with van der Waals surface area (Å²) in [5.74, 6) is -0.0987. The van der Waals surface area contributed by atoms with Crippen molar-refractivity contribution >= 4 is 29.3 Å². The van der Waals surface area contributed by atoms with E-state index in [0.29, 0.717) is 23.7 Å². The lowest BCUT2D eigenvalue weighted by atomic mass is 10.1. The summed E-state index contributed by atoms with van der Waals surface area (Å²) in [6, 6.07) is 16.5. The second-order valence-electron chi connectivity index (χ2n) is 5.56. The number of nitrogens with one attached hydrogen (secondary N) is 1. The minimum Gasteiger partial charge on any atom is -0.442 e. The molecule has 1 fully saturated rings. The van der Waals surface area contributed by atoms with Crippen LogP contribution in [0.25, 0.3) is 0 Å². The highest BCUT2D eigenvalue weighted by molar-refractivity contribution is 6.30. The minimum atomic E-state index is -0.431. The van der Waals surface area contributed by atoms with E-state index in [1.165, 1.54) is 4.90 Å². The van der Waals surface area contributed by atoms with Crippen LogP contribution < -0.4 is 10.2 Å². The van der Waals surface area contributed by atoms with Crippen LogP contribution in [0.1, 0.15) is 5.56 Å². The Balaban J connectivity index is 1.52. The molecule has 0 radical (unpaired) electrons. The summed E-state index contributed by atoms with van der Waals surface area (Å²) < 4.78 is 5.30. The highest BCUT2D eigenvalue weighted by Crippen LogP contribution is 2.24. The molecule has 24 heavy (non-hydrogen) atoms. The first kappa shape index (κ1) is 16.3. The third-order valence-corrected chi connectivity index (χ3v) is 3.96. The highest BCUT2D eigenvalue weighted by Gasteiger charge is 2.32. The van der Waals surface area contributed by atoms with E-state index < -0.39 is 6.09 Å². The molecule has 1 saturated heterocycles. The van der Waals surface area contributed by atoms with Gasteiger partial charge in [0.05, 0.1) is 19.5 Å². The molecule has 124 valence electrons. The van der Waals surface area contributed by atoms with Gasteiger partial charge in [-0.25, -0.2) is 4.79 Å². The number of amides is 2. The Kier molecular flexibility index (Phi) is 5.01. The van der Waals surface area contributed by atoms with Crippen LogP contribution in [0, 0.1) is 0 Å². The second-order valence-corrected chi connectivity index (χ2v) is 6.00. The molecule has 0 spiro atoms. The largest absolute Gasteiger partial charge is 0.442 e. The standard InChI is InChI=1S/C18H17ClN2O3/c19-14-7-4-8-15(10-14)21-12-16(24-18(21)23)11-20-17(22)9-13-5-2-1-3-6-13/h1-8,10,16H,9,11-12H2,(H,20,22)/t16-/m0/s1. The molecular formula is C18H17ClN2O3. The molecule has 5 nitrogen and oxygen atoms in total. The van der Waals surface area contributed by atoms with Crippen LogP contribution in [-0.2, 0) is 16.0 Å². The van der Waals surface area contributed by atoms with Gasteiger partial charge in [-0.3, -0.25) is 9.69 Å². The molecule has 1 aliphatic rings. The topological polar surface area (TPSA) is 58.6 Å². The van der Waals surface area contributed by atoms with Crippen molar-refractivity contribution in [3.8, 4) is 0 Å². The van der Waals surface area contributed by atoms with Gasteiger partial charge in [0.1, 0.15) is 6.10 Å². The zero-order chi connectivity index (χ0) is 16.9. The third kappa shape index (κ3) is 4.06. The molecule has 3 rings (SSSR count). The molecule has 1 N–H and O–H groups in total. The maximum atomic E-state index is 12.0. The molecule has 6 heteroatoms. The SMILES string of the molecule is O=C(Cc1ccccc1)NC[C@H]1CN(c2cccc(Cl)c2)C(=O)O1. The Labute approximate surface area is 145 Å². The van der Waals surface area contributed by atoms with Crippen LogP contribution in [0.3, 0.4) is 0 Å². The van der Waals surface area contributed by atoms with Crippen molar-refractivity contribution in [2.75, 3.05) is 18.0 Å². The predicted molar refractivity (Wildman–Crippen MR) is 92.2 cm³/mol. The van der Waals surface area contributed by atoms with E-state index in [2.05, 4.69) is 5.32 Å². The summed E-state index contributed by atoms with van der Waals surface area (Å²) in [6.07, 6.45) is -0.504. The maximum Gasteiger partial charge on any atom is 0.414 e. The van der Waals surface area contributed by atoms with Gasteiger partial charge < -0.3 is 10.1 Å². The maximum absolute atomic E-state index is 12.0. The fraction of sp³-hybridized carbons (Fsp3) is 0.222. The van der Waals surface area contributed by atoms with Gasteiger partial charge >= 0.3 is 6.09 Å². The average Bonchev–Trinajstić information content (AvgIpc) is 2.95. The van der Waals surface area contributed by atoms with E-state index in [-0.39, 0.29) is 18.6 Å². The van der Waals surface area contributed by atoms with Gasteiger partial charge in [-0.1, -0.05) is 48.0 Å². The summed E-state index contributed by atoms with van der Waals surface area (Å²) in [5.41, 5.74) is 1.63. The number of ether oxygens (including phenoxy) is 1. The van der Waals surface area contributed by atoms with Gasteiger partial charge in [-0.2, -0.15) is 0 Å². The summed E-state index contributed by atoms with van der Waals surface area (Å²) in [7, 11) is 0. The van der Waals surface area contributed by atoms with Gasteiger partial charge in [-0.15, -0.1) is 0 Å². The van der Waals surface area contributed by atoms with E-state index in [0.717, 1.165) is 5.56 Å². The van der Waals surface area contributed by atoms with Crippen LogP contribution in [0.15, 0.2) is 54.6 Å². The Morgan fingerprint density at radius 3 is 2.75 bits per heavy atom. The Bertz CT molecular complexity index is 736. The van der Waals surface area contributed by atoms with Gasteiger partial charge in [0.2, 0.25) is 5.91 Å². The van der Waals surface area contributed by atoms with Gasteiger partial charge in [-0.05, 0) is 23.8 Å². The molecule has 1 aliphatic heterocycles. The van der Waals surface area contributed by atoms with Gasteiger partial charge in [0.25, 0.3) is 0 Å². The number of carbonyl (C=O) groups is 2. The normalized spacial score (nSPS) is 16.8. The Morgan fingerprint density at radius 2 is 2.00 bits per heavy atom. The molecule has 0 aromatic heterocycles. The van der Waals surface area contributed by atoms with E-state index >= 15 is 0 Å². The summed E-state index contributed by atoms with van der Waals surface area (Å²) in [5, 5.41) is 3.36. The number of carbonyl (C=O) groups excluding carboxylic acids is 2. The number of anilines is 1. The van der Waals surface area contributed by atoms with E-state index in [1.807, 2.05) is 30.3 Å². The molecule has 0 aliphatic carbocycles. The Hall–Kier alpha value is -2.53. The van der Waals surface area contributed by atoms with Gasteiger partial charge in [0, 0.05) is 10.7 Å². The van der Waals surface area contributed by atoms with Crippen molar-refractivity contribution in [2.24, 2.45) is 0 Å². The van der Waals surface area contributed by atoms with Crippen LogP contribution >= 0.6 is 11.6 Å². The van der Waals surface area contributed by atoms with E-state index in [1.54, 1.807) is 24.3 Å². The molecule has 1 heterocycles. The smallest absolute Gasteiger partial charge is 0.414 e. The summed E-state index contributed by atoms with van der Waals surface area (Å²) >= 11 is 5.95. The highest BCUT2D eigenvalue weighted by atomic mass is 35.5. The monoisotopic (exact) mass is 344 g/mol. The van der Waals surface area contributed by atoms with Crippen molar-refractivity contribution < 1.29 is 14.3 Å². The van der Waals surface area contributed by atoms with E-state index in [4.69, 9.17) is 16.3 Å². The van der Waals surface area contributed by atoms with Crippen LogP contribution in [-0.4, -0.2) is 31.2 Å². The first-order chi connectivity index (χ1) is 11.6. The molecular weight excluding hydrogens is 328 g/mol. The number of halogens is 1. The lowest BCUT2D eigenvalue weighted by Gasteiger charge is -2.13. The summed E-state index contributed by atoms with van der Waals surface area (Å²) in [4.78, 5) is 25.5. The van der Waals surface area contributed by atoms with E-state index in [9.17, 15) is 9.59 Å². The second kappa shape index (κ2) is 7.36. The van der Waals surface area contributed by atoms with Crippen LogP contribution in [0.5, 0.6) is 0 Å². The van der Waals surface area contributed by atoms with Crippen LogP contribution in [0.2, 0.25) is 5.02 Å². The lowest BCUT2D eigenvalue weighted by molar-refractivity contribution is -0.120. The van der Waals surface area contributed by atoms with Crippen molar-refractivity contribution in [1.82, 2.24) is 5.32 Å². The molecule has 0 unspecified atom stereocenters. The Morgan fingerprint density at radius 1 is 1.21 bits per heavy atom. The summed E-state index contributed by atoms with van der Waals surface area (Å²) in [6.45, 7) is 0.666. The van der Waals surface area contributed by atoms with Crippen molar-refractivity contribution in [3.05, 3.63) is 65.2 Å². The van der Waals surface area contributed by atoms with Crippen molar-refractivity contribution in [3.63, 3.8) is 0 Å². The lowest BCUT2D eigenvalue weighted by Crippen LogP contribution is -2.35. The molecule has 1 atom stereocenters. The number of benzene rings is 2. The molecule has 0 saturated carbocycles. The quantitative estimate of drug-likeness (QED) is 0.907. The molecule has 2 aromatic carbocycles. The number of cyclic esters (lactones) is 1. The first-order valence-electron chi connectivity index (χ1n) is 7.66. The van der Waals surface area contributed by atoms with Crippen molar-refractivity contribution in [2.45, 2.75) is 12.5 Å². The number of rotatable bonds is 5. The number of nitrogens with zero attached hydrogens (tertiary/aromatic N) is 1. The van der Waals surface area contributed by atoms with Crippen molar-refractivity contribution in [1.29, 1.82) is 0 Å². The first-order valence-corrected chi connectivity index (χ1v) is 8.04. The zero-order valence-corrected chi connectivity index (χ0v) is 13.7.